The summed E-state index contributed by atoms with van der Waals surface area (Å²) in [6, 6.07) is 6.28. The van der Waals surface area contributed by atoms with E-state index in [1.807, 2.05) is 0 Å². The number of carboxylic acids is 1. The van der Waals surface area contributed by atoms with E-state index >= 15 is 0 Å². The third-order valence-electron chi connectivity index (χ3n) is 4.06. The summed E-state index contributed by atoms with van der Waals surface area (Å²) >= 11 is 0.723. The van der Waals surface area contributed by atoms with E-state index in [1.165, 1.54) is 38.1 Å². The number of halogens is 3. The van der Waals surface area contributed by atoms with Crippen LogP contribution >= 0.6 is 11.8 Å². The average Bonchev–Trinajstić information content (AvgIpc) is 2.56. The number of carbonyl (C=O) groups is 1. The number of thioether (sulfide) groups is 1. The maximum absolute atomic E-state index is 13.5. The number of carboxylic acid groups (broad SMARTS) is 1. The highest BCUT2D eigenvalue weighted by atomic mass is 32.2. The molecule has 0 fully saturated rings. The lowest BCUT2D eigenvalue weighted by atomic mass is 10.1. The lowest BCUT2D eigenvalue weighted by Crippen LogP contribution is -2.47. The third kappa shape index (κ3) is 5.97. The highest BCUT2D eigenvalue weighted by Crippen LogP contribution is 2.30. The minimum Gasteiger partial charge on any atom is -0.478 e. The number of rotatable bonds is 7. The van der Waals surface area contributed by atoms with Crippen molar-refractivity contribution in [3.8, 4) is 0 Å². The molecule has 2 rings (SSSR count). The molecule has 2 aromatic carbocycles. The summed E-state index contributed by atoms with van der Waals surface area (Å²) in [7, 11) is -4.42. The number of sulfonamides is 1. The number of nitrogens with one attached hydrogen (secondary N) is 1. The lowest BCUT2D eigenvalue weighted by molar-refractivity contribution is -0.145. The minimum atomic E-state index is -4.82. The van der Waals surface area contributed by atoms with Crippen LogP contribution in [0.4, 0.5) is 13.2 Å². The molecular formula is C19H20F3NO4S2. The molecule has 0 amide bonds. The number of benzene rings is 2. The van der Waals surface area contributed by atoms with Crippen LogP contribution in [-0.2, 0) is 10.0 Å². The molecule has 0 spiro atoms. The molecule has 0 aliphatic heterocycles. The summed E-state index contributed by atoms with van der Waals surface area (Å²) in [5.41, 5.74) is 1.46. The predicted molar refractivity (Wildman–Crippen MR) is 105 cm³/mol. The van der Waals surface area contributed by atoms with Crippen LogP contribution in [0.1, 0.15) is 27.0 Å². The van der Waals surface area contributed by atoms with Crippen molar-refractivity contribution in [2.75, 3.05) is 5.75 Å². The Labute approximate surface area is 171 Å². The Morgan fingerprint density at radius 2 is 1.72 bits per heavy atom. The number of hydrogen-bond donors (Lipinski definition) is 2. The van der Waals surface area contributed by atoms with Gasteiger partial charge in [0.15, 0.2) is 0 Å². The zero-order valence-electron chi connectivity index (χ0n) is 15.9. The summed E-state index contributed by atoms with van der Waals surface area (Å²) in [4.78, 5) is 11.1. The Hall–Kier alpha value is -2.04. The van der Waals surface area contributed by atoms with Crippen molar-refractivity contribution in [3.63, 3.8) is 0 Å². The smallest absolute Gasteiger partial charge is 0.405 e. The Morgan fingerprint density at radius 3 is 2.24 bits per heavy atom. The van der Waals surface area contributed by atoms with Gasteiger partial charge in [0.25, 0.3) is 0 Å². The van der Waals surface area contributed by atoms with Crippen LogP contribution in [-0.4, -0.2) is 37.5 Å². The summed E-state index contributed by atoms with van der Waals surface area (Å²) in [5.74, 6) is -1.85. The van der Waals surface area contributed by atoms with Crippen LogP contribution in [0.2, 0.25) is 0 Å². The summed E-state index contributed by atoms with van der Waals surface area (Å²) < 4.78 is 67.7. The van der Waals surface area contributed by atoms with Gasteiger partial charge in [-0.1, -0.05) is 23.8 Å². The van der Waals surface area contributed by atoms with Gasteiger partial charge in [-0.05, 0) is 50.1 Å². The van der Waals surface area contributed by atoms with Crippen LogP contribution in [0.5, 0.6) is 0 Å². The number of aryl methyl sites for hydroxylation is 3. The van der Waals surface area contributed by atoms with Crippen LogP contribution in [0.15, 0.2) is 46.2 Å². The summed E-state index contributed by atoms with van der Waals surface area (Å²) in [6.45, 7) is 4.83. The zero-order valence-corrected chi connectivity index (χ0v) is 17.5. The number of hydrogen-bond acceptors (Lipinski definition) is 4. The maximum atomic E-state index is 13.5. The molecule has 0 bridgehead atoms. The van der Waals surface area contributed by atoms with Crippen molar-refractivity contribution in [1.29, 1.82) is 0 Å². The average molecular weight is 448 g/mol. The topological polar surface area (TPSA) is 83.5 Å². The molecule has 0 aliphatic carbocycles. The van der Waals surface area contributed by atoms with Gasteiger partial charge in [-0.25, -0.2) is 13.2 Å². The van der Waals surface area contributed by atoms with Gasteiger partial charge in [0.2, 0.25) is 10.0 Å². The fourth-order valence-corrected chi connectivity index (χ4v) is 5.73. The van der Waals surface area contributed by atoms with Crippen molar-refractivity contribution in [2.45, 2.75) is 42.8 Å². The van der Waals surface area contributed by atoms with Gasteiger partial charge in [-0.2, -0.15) is 17.9 Å². The van der Waals surface area contributed by atoms with Crippen molar-refractivity contribution in [2.24, 2.45) is 0 Å². The standard InChI is InChI=1S/C19H20F3NO4S2/c1-11-7-12(2)17(13(3)8-11)29(26,27)23-16(19(20,21)22)10-28-15-6-4-5-14(9-15)18(24)25/h4-9,16,23H,10H2,1-3H3,(H,24,25). The summed E-state index contributed by atoms with van der Waals surface area (Å²) in [6.07, 6.45) is -4.82. The molecule has 0 heterocycles. The normalized spacial score (nSPS) is 13.3. The highest BCUT2D eigenvalue weighted by Gasteiger charge is 2.42. The molecule has 1 atom stereocenters. The van der Waals surface area contributed by atoms with Crippen LogP contribution in [0, 0.1) is 20.8 Å². The van der Waals surface area contributed by atoms with Gasteiger partial charge in [0.05, 0.1) is 10.5 Å². The Morgan fingerprint density at radius 1 is 1.14 bits per heavy atom. The molecule has 0 saturated carbocycles. The first kappa shape index (κ1) is 23.2. The second-order valence-corrected chi connectivity index (χ2v) is 9.33. The molecule has 29 heavy (non-hydrogen) atoms. The van der Waals surface area contributed by atoms with Crippen molar-refractivity contribution in [3.05, 3.63) is 58.7 Å². The second kappa shape index (κ2) is 8.76. The molecule has 5 nitrogen and oxygen atoms in total. The van der Waals surface area contributed by atoms with Crippen molar-refractivity contribution in [1.82, 2.24) is 4.72 Å². The van der Waals surface area contributed by atoms with Crippen LogP contribution < -0.4 is 4.72 Å². The van der Waals surface area contributed by atoms with Gasteiger partial charge in [0, 0.05) is 10.6 Å². The molecule has 0 saturated heterocycles. The van der Waals surface area contributed by atoms with E-state index in [0.717, 1.165) is 17.3 Å². The monoisotopic (exact) mass is 447 g/mol. The molecule has 0 radical (unpaired) electrons. The largest absolute Gasteiger partial charge is 0.478 e. The summed E-state index contributed by atoms with van der Waals surface area (Å²) in [5, 5.41) is 8.99. The minimum absolute atomic E-state index is 0.0648. The first-order valence-electron chi connectivity index (χ1n) is 8.44. The quantitative estimate of drug-likeness (QED) is 0.618. The Bertz CT molecular complexity index is 997. The Kier molecular flexibility index (Phi) is 7.02. The molecule has 10 heteroatoms. The van der Waals surface area contributed by atoms with E-state index < -0.39 is 34.0 Å². The van der Waals surface area contributed by atoms with Crippen LogP contribution in [0.3, 0.4) is 0 Å². The fraction of sp³-hybridized carbons (Fsp3) is 0.316. The zero-order chi connectivity index (χ0) is 22.0. The lowest BCUT2D eigenvalue weighted by Gasteiger charge is -2.22. The van der Waals surface area contributed by atoms with Gasteiger partial charge in [-0.3, -0.25) is 0 Å². The molecule has 158 valence electrons. The Balaban J connectivity index is 2.28. The van der Waals surface area contributed by atoms with Crippen LogP contribution in [0.25, 0.3) is 0 Å². The highest BCUT2D eigenvalue weighted by molar-refractivity contribution is 7.99. The number of aromatic carboxylic acids is 1. The molecule has 0 aliphatic rings. The first-order chi connectivity index (χ1) is 13.3. The van der Waals surface area contributed by atoms with E-state index in [2.05, 4.69) is 0 Å². The fourth-order valence-electron chi connectivity index (χ4n) is 2.93. The molecule has 1 unspecified atom stereocenters. The van der Waals surface area contributed by atoms with E-state index in [-0.39, 0.29) is 10.5 Å². The molecule has 2 N–H and O–H groups in total. The number of alkyl halides is 3. The molecular weight excluding hydrogens is 427 g/mol. The van der Waals surface area contributed by atoms with E-state index in [9.17, 15) is 26.4 Å². The predicted octanol–water partition coefficient (Wildman–Crippen LogP) is 4.31. The maximum Gasteiger partial charge on any atom is 0.405 e. The van der Waals surface area contributed by atoms with E-state index in [0.29, 0.717) is 16.0 Å². The first-order valence-corrected chi connectivity index (χ1v) is 10.9. The van der Waals surface area contributed by atoms with Gasteiger partial charge < -0.3 is 5.11 Å². The van der Waals surface area contributed by atoms with Gasteiger partial charge in [-0.15, -0.1) is 11.8 Å². The van der Waals surface area contributed by atoms with Gasteiger partial charge in [0.1, 0.15) is 6.04 Å². The second-order valence-electron chi connectivity index (χ2n) is 6.59. The van der Waals surface area contributed by atoms with E-state index in [1.54, 1.807) is 23.8 Å². The SMILES string of the molecule is Cc1cc(C)c(S(=O)(=O)NC(CSc2cccc(C(=O)O)c2)C(F)(F)F)c(C)c1. The van der Waals surface area contributed by atoms with Crippen molar-refractivity contribution >= 4 is 27.8 Å². The molecule has 0 aromatic heterocycles. The molecule has 2 aromatic rings. The van der Waals surface area contributed by atoms with Gasteiger partial charge >= 0.3 is 12.1 Å². The van der Waals surface area contributed by atoms with Crippen molar-refractivity contribution < 1.29 is 31.5 Å². The van der Waals surface area contributed by atoms with E-state index in [4.69, 9.17) is 5.11 Å². The third-order valence-corrected chi connectivity index (χ3v) is 6.93.